The van der Waals surface area contributed by atoms with E-state index in [0.717, 1.165) is 11.2 Å². The van der Waals surface area contributed by atoms with Crippen LogP contribution in [0.1, 0.15) is 0 Å². The first-order chi connectivity index (χ1) is 14.3. The molecule has 0 saturated heterocycles. The smallest absolute Gasteiger partial charge is 0.242 e. The third kappa shape index (κ3) is 2.05. The van der Waals surface area contributed by atoms with E-state index in [9.17, 15) is 0 Å². The number of aromatic nitrogens is 3. The van der Waals surface area contributed by atoms with Gasteiger partial charge < -0.3 is 13.5 Å². The quantitative estimate of drug-likeness (QED) is 0.193. The molecule has 0 bridgehead atoms. The molecule has 0 spiro atoms. The van der Waals surface area contributed by atoms with E-state index in [4.69, 9.17) is 0 Å². The van der Waals surface area contributed by atoms with Crippen molar-refractivity contribution in [3.05, 3.63) is 91.3 Å². The van der Waals surface area contributed by atoms with E-state index in [1.807, 2.05) is 18.2 Å². The third-order valence-corrected chi connectivity index (χ3v) is 6.09. The second-order valence-corrected chi connectivity index (χ2v) is 7.63. The van der Waals surface area contributed by atoms with E-state index in [2.05, 4.69) is 93.6 Å². The molecule has 0 unspecified atom stereocenters. The fraction of sp³-hybridized carbons (Fsp3) is 0.0385. The van der Waals surface area contributed by atoms with Crippen molar-refractivity contribution in [2.75, 3.05) is 0 Å². The predicted molar refractivity (Wildman–Crippen MR) is 117 cm³/mol. The van der Waals surface area contributed by atoms with Crippen molar-refractivity contribution in [1.29, 1.82) is 0 Å². The van der Waals surface area contributed by atoms with Gasteiger partial charge >= 0.3 is 0 Å². The van der Waals surface area contributed by atoms with Crippen LogP contribution >= 0.6 is 0 Å². The molecule has 3 nitrogen and oxygen atoms in total. The summed E-state index contributed by atoms with van der Waals surface area (Å²) in [6, 6.07) is 31.1. The van der Waals surface area contributed by atoms with Gasteiger partial charge in [0.25, 0.3) is 0 Å². The van der Waals surface area contributed by atoms with Gasteiger partial charge in [-0.25, -0.2) is 0 Å². The van der Waals surface area contributed by atoms with E-state index >= 15 is 0 Å². The average Bonchev–Trinajstić information content (AvgIpc) is 3.40. The molecule has 7 aromatic rings. The summed E-state index contributed by atoms with van der Waals surface area (Å²) in [5.74, 6) is 0. The van der Waals surface area contributed by atoms with Gasteiger partial charge in [-0.15, -0.1) is 0 Å². The fourth-order valence-electron chi connectivity index (χ4n) is 4.96. The largest absolute Gasteiger partial charge is 0.342 e. The number of nitrogens with zero attached hydrogens (tertiary/aromatic N) is 3. The minimum absolute atomic E-state index is 0. The zero-order valence-electron chi connectivity index (χ0n) is 16.2. The molecule has 0 aliphatic rings. The zero-order valence-corrected chi connectivity index (χ0v) is 18.6. The molecule has 0 N–H and O–H groups in total. The Morgan fingerprint density at radius 2 is 1.47 bits per heavy atom. The number of fused-ring (bicyclic) bond motifs is 8. The molecule has 0 aliphatic heterocycles. The SMILES string of the molecule is C[n+]1[c-]n(-c2[c-]cccc2)c2cc3c4ccccc4n4c5ccccc5c(c34)c21.[Ir]. The van der Waals surface area contributed by atoms with Gasteiger partial charge in [-0.3, -0.25) is 0 Å². The summed E-state index contributed by atoms with van der Waals surface area (Å²) >= 11 is 0. The number of imidazole rings is 1. The van der Waals surface area contributed by atoms with Gasteiger partial charge in [-0.1, -0.05) is 48.2 Å². The zero-order chi connectivity index (χ0) is 19.1. The summed E-state index contributed by atoms with van der Waals surface area (Å²) in [5.41, 5.74) is 7.14. The average molecular weight is 563 g/mol. The maximum atomic E-state index is 3.50. The number of para-hydroxylation sites is 3. The van der Waals surface area contributed by atoms with Crippen LogP contribution in [0.5, 0.6) is 0 Å². The van der Waals surface area contributed by atoms with Gasteiger partial charge in [0.05, 0.1) is 34.6 Å². The molecule has 145 valence electrons. The van der Waals surface area contributed by atoms with E-state index < -0.39 is 0 Å². The van der Waals surface area contributed by atoms with Crippen LogP contribution in [-0.2, 0) is 27.2 Å². The molecule has 1 radical (unpaired) electrons. The van der Waals surface area contributed by atoms with Crippen molar-refractivity contribution in [2.45, 2.75) is 0 Å². The van der Waals surface area contributed by atoms with E-state index in [1.165, 1.54) is 43.6 Å². The molecule has 0 amide bonds. The molecule has 0 atom stereocenters. The van der Waals surface area contributed by atoms with Crippen molar-refractivity contribution < 1.29 is 24.7 Å². The van der Waals surface area contributed by atoms with Crippen LogP contribution in [0.15, 0.2) is 78.9 Å². The van der Waals surface area contributed by atoms with Crippen LogP contribution in [0.2, 0.25) is 0 Å². The van der Waals surface area contributed by atoms with Crippen LogP contribution in [0.25, 0.3) is 54.8 Å². The summed E-state index contributed by atoms with van der Waals surface area (Å²) in [6.07, 6.45) is 3.50. The van der Waals surface area contributed by atoms with Gasteiger partial charge in [0.2, 0.25) is 6.33 Å². The van der Waals surface area contributed by atoms with Gasteiger partial charge in [0.1, 0.15) is 0 Å². The number of aryl methyl sites for hydroxylation is 1. The van der Waals surface area contributed by atoms with Gasteiger partial charge in [-0.2, -0.15) is 30.3 Å². The first-order valence-electron chi connectivity index (χ1n) is 9.80. The number of rotatable bonds is 1. The van der Waals surface area contributed by atoms with E-state index in [-0.39, 0.29) is 20.1 Å². The van der Waals surface area contributed by atoms with Gasteiger partial charge in [0, 0.05) is 41.7 Å². The molecule has 7 rings (SSSR count). The Morgan fingerprint density at radius 3 is 2.23 bits per heavy atom. The molecule has 30 heavy (non-hydrogen) atoms. The Hall–Kier alpha value is -3.20. The molecule has 3 aromatic heterocycles. The number of benzene rings is 4. The molecular weight excluding hydrogens is 547 g/mol. The predicted octanol–water partition coefficient (Wildman–Crippen LogP) is 5.20. The number of hydrogen-bond donors (Lipinski definition) is 0. The first-order valence-corrected chi connectivity index (χ1v) is 9.80. The monoisotopic (exact) mass is 563 g/mol. The molecule has 0 fully saturated rings. The van der Waals surface area contributed by atoms with E-state index in [0.29, 0.717) is 0 Å². The van der Waals surface area contributed by atoms with Crippen molar-refractivity contribution in [3.8, 4) is 5.69 Å². The van der Waals surface area contributed by atoms with Crippen molar-refractivity contribution >= 4 is 49.1 Å². The van der Waals surface area contributed by atoms with Crippen molar-refractivity contribution in [2.24, 2.45) is 7.05 Å². The van der Waals surface area contributed by atoms with Crippen LogP contribution in [0.3, 0.4) is 0 Å². The van der Waals surface area contributed by atoms with Crippen molar-refractivity contribution in [1.82, 2.24) is 8.97 Å². The van der Waals surface area contributed by atoms with Gasteiger partial charge in [0.15, 0.2) is 0 Å². The topological polar surface area (TPSA) is 13.2 Å². The molecule has 0 aliphatic carbocycles. The third-order valence-electron chi connectivity index (χ3n) is 6.09. The molecule has 3 heterocycles. The Bertz CT molecular complexity index is 1710. The second-order valence-electron chi connectivity index (χ2n) is 7.63. The Morgan fingerprint density at radius 1 is 0.767 bits per heavy atom. The maximum absolute atomic E-state index is 3.50. The first kappa shape index (κ1) is 17.6. The normalized spacial score (nSPS) is 11.9. The van der Waals surface area contributed by atoms with E-state index in [1.54, 1.807) is 0 Å². The minimum atomic E-state index is 0. The Labute approximate surface area is 186 Å². The van der Waals surface area contributed by atoms with Crippen molar-refractivity contribution in [3.63, 3.8) is 0 Å². The Kier molecular flexibility index (Phi) is 3.62. The molecular formula is C26H16IrN3-. The second kappa shape index (κ2) is 6.15. The standard InChI is InChI=1S/C26H16N3.Ir/c1-27-16-28(17-9-3-2-4-10-17)23-15-20-18-11-5-7-13-21(18)29-22-14-8-6-12-19(22)24(25(20)29)26(23)27;/h2-9,11-15H,1H3;/q-1;. The molecule has 4 aromatic carbocycles. The van der Waals surface area contributed by atoms with Crippen LogP contribution < -0.4 is 4.57 Å². The minimum Gasteiger partial charge on any atom is -0.342 e. The van der Waals surface area contributed by atoms with Crippen LogP contribution in [0, 0.1) is 12.4 Å². The number of hydrogen-bond acceptors (Lipinski definition) is 0. The summed E-state index contributed by atoms with van der Waals surface area (Å²) in [5, 5.41) is 5.14. The van der Waals surface area contributed by atoms with Crippen LogP contribution in [0.4, 0.5) is 0 Å². The molecule has 0 saturated carbocycles. The summed E-state index contributed by atoms with van der Waals surface area (Å²) in [4.78, 5) is 0. The summed E-state index contributed by atoms with van der Waals surface area (Å²) in [6.45, 7) is 0. The van der Waals surface area contributed by atoms with Crippen LogP contribution in [-0.4, -0.2) is 8.97 Å². The summed E-state index contributed by atoms with van der Waals surface area (Å²) < 4.78 is 6.66. The maximum Gasteiger partial charge on any atom is 0.242 e. The fourth-order valence-corrected chi connectivity index (χ4v) is 4.96. The molecule has 4 heteroatoms. The summed E-state index contributed by atoms with van der Waals surface area (Å²) in [7, 11) is 2.08. The van der Waals surface area contributed by atoms with Gasteiger partial charge in [-0.05, 0) is 12.1 Å². The Balaban J connectivity index is 0.00000175.